The second-order valence-electron chi connectivity index (χ2n) is 4.99. The number of benzene rings is 2. The minimum absolute atomic E-state index is 0.0360. The van der Waals surface area contributed by atoms with E-state index >= 15 is 0 Å². The van der Waals surface area contributed by atoms with Crippen LogP contribution in [-0.4, -0.2) is 28.8 Å². The largest absolute Gasteiger partial charge is 0.497 e. The molecule has 0 bridgehead atoms. The maximum absolute atomic E-state index is 12.5. The van der Waals surface area contributed by atoms with Gasteiger partial charge < -0.3 is 9.47 Å². The fourth-order valence-corrected chi connectivity index (χ4v) is 3.28. The maximum Gasteiger partial charge on any atom is 0.338 e. The van der Waals surface area contributed by atoms with Gasteiger partial charge in [0, 0.05) is 16.5 Å². The summed E-state index contributed by atoms with van der Waals surface area (Å²) in [6.45, 7) is 1.83. The smallest absolute Gasteiger partial charge is 0.338 e. The maximum atomic E-state index is 12.5. The van der Waals surface area contributed by atoms with Crippen LogP contribution in [0.4, 0.5) is 5.69 Å². The Kier molecular flexibility index (Phi) is 6.24. The highest BCUT2D eigenvalue weighted by Crippen LogP contribution is 2.25. The van der Waals surface area contributed by atoms with Crippen LogP contribution in [0.25, 0.3) is 0 Å². The Morgan fingerprint density at radius 3 is 2.44 bits per heavy atom. The number of hydrogen-bond acceptors (Lipinski definition) is 6. The molecule has 132 valence electrons. The molecule has 0 heterocycles. The SMILES string of the molecule is CCOC(=O)c1ccc(CS(=O)c2ccc(OC)cc2)c([N+](=O)[O-])c1. The number of methoxy groups -OCH3 is 1. The highest BCUT2D eigenvalue weighted by atomic mass is 32.2. The number of nitro groups is 1. The topological polar surface area (TPSA) is 95.7 Å². The van der Waals surface area contributed by atoms with E-state index in [1.807, 2.05) is 0 Å². The van der Waals surface area contributed by atoms with Crippen molar-refractivity contribution in [1.29, 1.82) is 0 Å². The number of nitrogens with zero attached hydrogens (tertiary/aromatic N) is 1. The Labute approximate surface area is 147 Å². The lowest BCUT2D eigenvalue weighted by atomic mass is 10.1. The van der Waals surface area contributed by atoms with Gasteiger partial charge in [0.05, 0.1) is 40.8 Å². The first-order valence-electron chi connectivity index (χ1n) is 7.43. The molecule has 8 heteroatoms. The molecule has 7 nitrogen and oxygen atoms in total. The van der Waals surface area contributed by atoms with Crippen molar-refractivity contribution in [3.05, 3.63) is 63.7 Å². The fourth-order valence-electron chi connectivity index (χ4n) is 2.15. The van der Waals surface area contributed by atoms with Gasteiger partial charge in [0.2, 0.25) is 0 Å². The Hall–Kier alpha value is -2.74. The summed E-state index contributed by atoms with van der Waals surface area (Å²) in [4.78, 5) is 23.0. The first-order chi connectivity index (χ1) is 12.0. The van der Waals surface area contributed by atoms with Crippen LogP contribution in [0.5, 0.6) is 5.75 Å². The van der Waals surface area contributed by atoms with Gasteiger partial charge in [-0.15, -0.1) is 0 Å². The van der Waals surface area contributed by atoms with E-state index in [1.165, 1.54) is 19.2 Å². The number of ether oxygens (including phenoxy) is 2. The van der Waals surface area contributed by atoms with Crippen LogP contribution in [-0.2, 0) is 21.3 Å². The molecular formula is C17H17NO6S. The zero-order chi connectivity index (χ0) is 18.4. The molecule has 2 aromatic carbocycles. The zero-order valence-corrected chi connectivity index (χ0v) is 14.6. The van der Waals surface area contributed by atoms with Crippen LogP contribution in [0.2, 0.25) is 0 Å². The minimum atomic E-state index is -1.47. The van der Waals surface area contributed by atoms with E-state index in [0.29, 0.717) is 10.6 Å². The van der Waals surface area contributed by atoms with Crippen molar-refractivity contribution in [1.82, 2.24) is 0 Å². The summed E-state index contributed by atoms with van der Waals surface area (Å²) in [6, 6.07) is 10.7. The third kappa shape index (κ3) is 4.63. The lowest BCUT2D eigenvalue weighted by Crippen LogP contribution is -2.07. The van der Waals surface area contributed by atoms with E-state index in [-0.39, 0.29) is 29.2 Å². The molecule has 25 heavy (non-hydrogen) atoms. The molecule has 1 unspecified atom stereocenters. The van der Waals surface area contributed by atoms with Gasteiger partial charge in [-0.25, -0.2) is 4.79 Å². The summed E-state index contributed by atoms with van der Waals surface area (Å²) in [7, 11) is 0.0599. The lowest BCUT2D eigenvalue weighted by molar-refractivity contribution is -0.385. The van der Waals surface area contributed by atoms with Gasteiger partial charge in [-0.1, -0.05) is 6.07 Å². The van der Waals surface area contributed by atoms with Gasteiger partial charge in [0.15, 0.2) is 0 Å². The second-order valence-corrected chi connectivity index (χ2v) is 6.44. The lowest BCUT2D eigenvalue weighted by Gasteiger charge is -2.07. The van der Waals surface area contributed by atoms with Gasteiger partial charge >= 0.3 is 5.97 Å². The van der Waals surface area contributed by atoms with Crippen molar-refractivity contribution in [3.63, 3.8) is 0 Å². The molecule has 0 aliphatic rings. The number of esters is 1. The number of carbonyl (C=O) groups excluding carboxylic acids is 1. The van der Waals surface area contributed by atoms with Crippen molar-refractivity contribution < 1.29 is 23.4 Å². The van der Waals surface area contributed by atoms with Gasteiger partial charge in [-0.05, 0) is 37.3 Å². The average molecular weight is 363 g/mol. The van der Waals surface area contributed by atoms with E-state index in [2.05, 4.69) is 0 Å². The van der Waals surface area contributed by atoms with E-state index < -0.39 is 21.7 Å². The van der Waals surface area contributed by atoms with E-state index in [1.54, 1.807) is 31.2 Å². The summed E-state index contributed by atoms with van der Waals surface area (Å²) in [6.07, 6.45) is 0. The number of nitro benzene ring substituents is 1. The van der Waals surface area contributed by atoms with Crippen molar-refractivity contribution >= 4 is 22.5 Å². The van der Waals surface area contributed by atoms with Crippen molar-refractivity contribution in [2.75, 3.05) is 13.7 Å². The molecule has 0 aliphatic heterocycles. The van der Waals surface area contributed by atoms with Crippen LogP contribution in [0.3, 0.4) is 0 Å². The monoisotopic (exact) mass is 363 g/mol. The molecular weight excluding hydrogens is 346 g/mol. The predicted octanol–water partition coefficient (Wildman–Crippen LogP) is 3.09. The van der Waals surface area contributed by atoms with E-state index in [9.17, 15) is 19.1 Å². The molecule has 0 aromatic heterocycles. The normalized spacial score (nSPS) is 11.6. The van der Waals surface area contributed by atoms with Crippen LogP contribution < -0.4 is 4.74 Å². The van der Waals surface area contributed by atoms with Gasteiger partial charge in [0.25, 0.3) is 5.69 Å². The first kappa shape index (κ1) is 18.6. The molecule has 0 amide bonds. The van der Waals surface area contributed by atoms with Crippen LogP contribution in [0.15, 0.2) is 47.4 Å². The summed E-state index contributed by atoms with van der Waals surface area (Å²) < 4.78 is 22.3. The van der Waals surface area contributed by atoms with Crippen LogP contribution in [0.1, 0.15) is 22.8 Å². The zero-order valence-electron chi connectivity index (χ0n) is 13.8. The highest BCUT2D eigenvalue weighted by Gasteiger charge is 2.20. The summed E-state index contributed by atoms with van der Waals surface area (Å²) >= 11 is 0. The van der Waals surface area contributed by atoms with E-state index in [4.69, 9.17) is 9.47 Å². The van der Waals surface area contributed by atoms with Crippen LogP contribution >= 0.6 is 0 Å². The van der Waals surface area contributed by atoms with Gasteiger partial charge in [0.1, 0.15) is 5.75 Å². The molecule has 0 N–H and O–H groups in total. The molecule has 0 radical (unpaired) electrons. The molecule has 1 atom stereocenters. The molecule has 2 rings (SSSR count). The quantitative estimate of drug-likeness (QED) is 0.426. The molecule has 0 fully saturated rings. The average Bonchev–Trinajstić information content (AvgIpc) is 2.62. The number of carbonyl (C=O) groups is 1. The number of hydrogen-bond donors (Lipinski definition) is 0. The number of rotatable bonds is 7. The van der Waals surface area contributed by atoms with Crippen LogP contribution in [0, 0.1) is 10.1 Å². The van der Waals surface area contributed by atoms with Crippen molar-refractivity contribution in [3.8, 4) is 5.75 Å². The predicted molar refractivity (Wildman–Crippen MR) is 92.2 cm³/mol. The van der Waals surface area contributed by atoms with Gasteiger partial charge in [-0.3, -0.25) is 14.3 Å². The fraction of sp³-hybridized carbons (Fsp3) is 0.235. The Morgan fingerprint density at radius 2 is 1.88 bits per heavy atom. The Morgan fingerprint density at radius 1 is 1.20 bits per heavy atom. The van der Waals surface area contributed by atoms with Crippen molar-refractivity contribution in [2.45, 2.75) is 17.6 Å². The first-order valence-corrected chi connectivity index (χ1v) is 8.75. The third-order valence-electron chi connectivity index (χ3n) is 3.40. The third-order valence-corrected chi connectivity index (χ3v) is 4.77. The van der Waals surface area contributed by atoms with Crippen molar-refractivity contribution in [2.24, 2.45) is 0 Å². The molecule has 0 saturated heterocycles. The summed E-state index contributed by atoms with van der Waals surface area (Å²) in [5.41, 5.74) is 0.118. The van der Waals surface area contributed by atoms with Gasteiger partial charge in [-0.2, -0.15) is 0 Å². The Bertz CT molecular complexity index is 803. The molecule has 0 saturated carbocycles. The molecule has 0 spiro atoms. The summed E-state index contributed by atoms with van der Waals surface area (Å²) in [5, 5.41) is 11.3. The minimum Gasteiger partial charge on any atom is -0.497 e. The highest BCUT2D eigenvalue weighted by molar-refractivity contribution is 7.84. The summed E-state index contributed by atoms with van der Waals surface area (Å²) in [5.74, 6) is -0.0369. The Balaban J connectivity index is 2.26. The molecule has 0 aliphatic carbocycles. The van der Waals surface area contributed by atoms with E-state index in [0.717, 1.165) is 6.07 Å². The standard InChI is InChI=1S/C17H17NO6S/c1-3-24-17(19)12-4-5-13(16(10-12)18(20)21)11-25(22)15-8-6-14(23-2)7-9-15/h4-10H,3,11H2,1-2H3. The molecule has 2 aromatic rings. The second kappa shape index (κ2) is 8.39.